The summed E-state index contributed by atoms with van der Waals surface area (Å²) in [6, 6.07) is 7.98. The molecule has 0 aliphatic carbocycles. The fourth-order valence-corrected chi connectivity index (χ4v) is 2.31. The number of carbonyl (C=O) groups excluding carboxylic acids is 2. The minimum atomic E-state index is -1.17. The van der Waals surface area contributed by atoms with Gasteiger partial charge in [-0.05, 0) is 31.2 Å². The Morgan fingerprint density at radius 3 is 2.56 bits per heavy atom. The normalized spacial score (nSPS) is 11.4. The van der Waals surface area contributed by atoms with E-state index in [1.165, 1.54) is 26.2 Å². The van der Waals surface area contributed by atoms with Crippen LogP contribution >= 0.6 is 11.6 Å². The fourth-order valence-electron chi connectivity index (χ4n) is 2.14. The molecule has 9 nitrogen and oxygen atoms in total. The number of ether oxygens (including phenoxy) is 2. The number of amides is 1. The second kappa shape index (κ2) is 8.37. The molecule has 0 aliphatic heterocycles. The smallest absolute Gasteiger partial charge is 0.341 e. The Hall–Kier alpha value is -3.33. The van der Waals surface area contributed by atoms with E-state index < -0.39 is 22.9 Å². The van der Waals surface area contributed by atoms with Gasteiger partial charge >= 0.3 is 5.97 Å². The van der Waals surface area contributed by atoms with Crippen LogP contribution in [-0.2, 0) is 9.53 Å². The van der Waals surface area contributed by atoms with Gasteiger partial charge in [0.05, 0.1) is 29.0 Å². The first-order valence-corrected chi connectivity index (χ1v) is 8.00. The van der Waals surface area contributed by atoms with Gasteiger partial charge in [-0.15, -0.1) is 0 Å². The summed E-state index contributed by atoms with van der Waals surface area (Å²) in [7, 11) is 1.43. The molecule has 0 aliphatic rings. The van der Waals surface area contributed by atoms with Crippen LogP contribution in [0.25, 0.3) is 0 Å². The maximum atomic E-state index is 12.3. The molecular weight excluding hydrogens is 378 g/mol. The average Bonchev–Trinajstić information content (AvgIpc) is 2.61. The summed E-state index contributed by atoms with van der Waals surface area (Å²) in [4.78, 5) is 34.5. The highest BCUT2D eigenvalue weighted by Crippen LogP contribution is 2.28. The number of methoxy groups -OCH3 is 1. The zero-order chi connectivity index (χ0) is 20.1. The van der Waals surface area contributed by atoms with Crippen LogP contribution in [0.5, 0.6) is 5.75 Å². The van der Waals surface area contributed by atoms with Gasteiger partial charge in [-0.2, -0.15) is 0 Å². The molecule has 142 valence electrons. The third-order valence-corrected chi connectivity index (χ3v) is 3.77. The van der Waals surface area contributed by atoms with E-state index in [0.717, 1.165) is 12.1 Å². The first kappa shape index (κ1) is 20.0. The minimum Gasteiger partial charge on any atom is -0.495 e. The van der Waals surface area contributed by atoms with Gasteiger partial charge in [0, 0.05) is 17.2 Å². The standard InChI is InChI=1S/C17H16ClN3O6/c1-9(16(22)20-14-7-10(18)3-6-15(14)26-2)27-17(23)12-5-4-11(21(24)25)8-13(12)19/h3-9H,19H2,1-2H3,(H,20,22)/t9-/m1/s1. The zero-order valence-electron chi connectivity index (χ0n) is 14.4. The average molecular weight is 394 g/mol. The number of benzene rings is 2. The first-order valence-electron chi connectivity index (χ1n) is 7.62. The number of esters is 1. The number of nitrogens with zero attached hydrogens (tertiary/aromatic N) is 1. The molecule has 0 spiro atoms. The Kier molecular flexibility index (Phi) is 6.19. The van der Waals surface area contributed by atoms with Crippen molar-refractivity contribution < 1.29 is 24.0 Å². The summed E-state index contributed by atoms with van der Waals surface area (Å²) >= 11 is 5.90. The molecule has 10 heteroatoms. The van der Waals surface area contributed by atoms with Gasteiger partial charge in [-0.1, -0.05) is 11.6 Å². The minimum absolute atomic E-state index is 0.0828. The molecule has 3 N–H and O–H groups in total. The van der Waals surface area contributed by atoms with E-state index in [0.29, 0.717) is 16.5 Å². The lowest BCUT2D eigenvalue weighted by atomic mass is 10.1. The second-order valence-corrected chi connectivity index (χ2v) is 5.85. The fraction of sp³-hybridized carbons (Fsp3) is 0.176. The quantitative estimate of drug-likeness (QED) is 0.333. The van der Waals surface area contributed by atoms with Crippen molar-refractivity contribution >= 4 is 40.5 Å². The number of halogens is 1. The number of non-ortho nitro benzene ring substituents is 1. The number of nitrogens with one attached hydrogen (secondary N) is 1. The summed E-state index contributed by atoms with van der Waals surface area (Å²) in [6.45, 7) is 1.37. The van der Waals surface area contributed by atoms with E-state index >= 15 is 0 Å². The number of carbonyl (C=O) groups is 2. The molecule has 0 saturated carbocycles. The predicted octanol–water partition coefficient (Wildman–Crippen LogP) is 3.02. The number of hydrogen-bond donors (Lipinski definition) is 2. The van der Waals surface area contributed by atoms with Crippen LogP contribution in [-0.4, -0.2) is 30.0 Å². The largest absolute Gasteiger partial charge is 0.495 e. The summed E-state index contributed by atoms with van der Waals surface area (Å²) in [6.07, 6.45) is -1.17. The molecule has 27 heavy (non-hydrogen) atoms. The number of hydrogen-bond acceptors (Lipinski definition) is 7. The topological polar surface area (TPSA) is 134 Å². The molecule has 0 unspecified atom stereocenters. The predicted molar refractivity (Wildman–Crippen MR) is 99.0 cm³/mol. The molecule has 1 amide bonds. The Balaban J connectivity index is 2.09. The Morgan fingerprint density at radius 1 is 1.26 bits per heavy atom. The van der Waals surface area contributed by atoms with E-state index in [-0.39, 0.29) is 16.9 Å². The van der Waals surface area contributed by atoms with Gasteiger partial charge in [0.25, 0.3) is 11.6 Å². The van der Waals surface area contributed by atoms with E-state index in [9.17, 15) is 19.7 Å². The van der Waals surface area contributed by atoms with Crippen LogP contribution in [0.4, 0.5) is 17.1 Å². The van der Waals surface area contributed by atoms with Crippen molar-refractivity contribution in [2.75, 3.05) is 18.2 Å². The summed E-state index contributed by atoms with van der Waals surface area (Å²) < 4.78 is 10.2. The van der Waals surface area contributed by atoms with Gasteiger partial charge in [0.2, 0.25) is 0 Å². The Bertz CT molecular complexity index is 902. The van der Waals surface area contributed by atoms with Crippen molar-refractivity contribution in [3.63, 3.8) is 0 Å². The third-order valence-electron chi connectivity index (χ3n) is 3.54. The van der Waals surface area contributed by atoms with E-state index in [4.69, 9.17) is 26.8 Å². The maximum absolute atomic E-state index is 12.3. The number of nitrogens with two attached hydrogens (primary N) is 1. The highest BCUT2D eigenvalue weighted by molar-refractivity contribution is 6.31. The molecule has 0 fully saturated rings. The molecule has 2 aromatic carbocycles. The van der Waals surface area contributed by atoms with Crippen LogP contribution < -0.4 is 15.8 Å². The second-order valence-electron chi connectivity index (χ2n) is 5.41. The molecule has 2 rings (SSSR count). The van der Waals surface area contributed by atoms with Gasteiger partial charge in [0.15, 0.2) is 6.10 Å². The SMILES string of the molecule is COc1ccc(Cl)cc1NC(=O)[C@@H](C)OC(=O)c1ccc([N+](=O)[O-])cc1N. The van der Waals surface area contributed by atoms with Gasteiger partial charge < -0.3 is 20.5 Å². The van der Waals surface area contributed by atoms with Gasteiger partial charge in [-0.3, -0.25) is 14.9 Å². The first-order chi connectivity index (χ1) is 12.7. The zero-order valence-corrected chi connectivity index (χ0v) is 15.1. The van der Waals surface area contributed by atoms with Crippen molar-refractivity contribution in [1.82, 2.24) is 0 Å². The van der Waals surface area contributed by atoms with Crippen LogP contribution in [0.2, 0.25) is 5.02 Å². The summed E-state index contributed by atoms with van der Waals surface area (Å²) in [5.74, 6) is -1.13. The van der Waals surface area contributed by atoms with E-state index in [1.54, 1.807) is 12.1 Å². The monoisotopic (exact) mass is 393 g/mol. The molecule has 2 aromatic rings. The van der Waals surface area contributed by atoms with Crippen molar-refractivity contribution in [2.45, 2.75) is 13.0 Å². The van der Waals surface area contributed by atoms with Crippen LogP contribution in [0, 0.1) is 10.1 Å². The molecule has 0 heterocycles. The summed E-state index contributed by atoms with van der Waals surface area (Å²) in [5.41, 5.74) is 5.50. The number of nitrogen functional groups attached to an aromatic ring is 1. The molecule has 0 radical (unpaired) electrons. The Morgan fingerprint density at radius 2 is 1.96 bits per heavy atom. The van der Waals surface area contributed by atoms with Crippen LogP contribution in [0.3, 0.4) is 0 Å². The third kappa shape index (κ3) is 4.85. The Labute approximate surface area is 159 Å². The van der Waals surface area contributed by atoms with Crippen LogP contribution in [0.15, 0.2) is 36.4 Å². The highest BCUT2D eigenvalue weighted by Gasteiger charge is 2.22. The molecule has 1 atom stereocenters. The van der Waals surface area contributed by atoms with Gasteiger partial charge in [0.1, 0.15) is 5.75 Å². The highest BCUT2D eigenvalue weighted by atomic mass is 35.5. The number of nitro benzene ring substituents is 1. The molecule has 0 bridgehead atoms. The maximum Gasteiger partial charge on any atom is 0.341 e. The van der Waals surface area contributed by atoms with Gasteiger partial charge in [-0.25, -0.2) is 4.79 Å². The molecule has 0 saturated heterocycles. The van der Waals surface area contributed by atoms with Crippen molar-refractivity contribution in [1.29, 1.82) is 0 Å². The summed E-state index contributed by atoms with van der Waals surface area (Å²) in [5, 5.41) is 13.6. The number of rotatable bonds is 6. The molecular formula is C17H16ClN3O6. The van der Waals surface area contributed by atoms with E-state index in [1.807, 2.05) is 0 Å². The number of nitro groups is 1. The van der Waals surface area contributed by atoms with Crippen molar-refractivity contribution in [3.05, 3.63) is 57.1 Å². The van der Waals surface area contributed by atoms with Crippen molar-refractivity contribution in [3.8, 4) is 5.75 Å². The van der Waals surface area contributed by atoms with Crippen molar-refractivity contribution in [2.24, 2.45) is 0 Å². The lowest BCUT2D eigenvalue weighted by molar-refractivity contribution is -0.384. The molecule has 0 aromatic heterocycles. The van der Waals surface area contributed by atoms with Crippen LogP contribution in [0.1, 0.15) is 17.3 Å². The lowest BCUT2D eigenvalue weighted by Crippen LogP contribution is -2.30. The number of anilines is 2. The van der Waals surface area contributed by atoms with E-state index in [2.05, 4.69) is 5.32 Å². The lowest BCUT2D eigenvalue weighted by Gasteiger charge is -2.16.